The summed E-state index contributed by atoms with van der Waals surface area (Å²) in [5.74, 6) is 0.114. The van der Waals surface area contributed by atoms with E-state index in [0.29, 0.717) is 35.2 Å². The van der Waals surface area contributed by atoms with Crippen LogP contribution >= 0.6 is 11.6 Å². The van der Waals surface area contributed by atoms with Crippen LogP contribution in [0.4, 0.5) is 5.69 Å². The van der Waals surface area contributed by atoms with Gasteiger partial charge in [-0.3, -0.25) is 4.79 Å². The van der Waals surface area contributed by atoms with Crippen molar-refractivity contribution in [2.75, 3.05) is 33.1 Å². The molecule has 0 saturated carbocycles. The fraction of sp³-hybridized carbons (Fsp3) is 0.364. The van der Waals surface area contributed by atoms with Crippen LogP contribution in [0.5, 0.6) is 5.75 Å². The Labute approximate surface area is 105 Å². The number of hydrogen-bond acceptors (Lipinski definition) is 4. The Morgan fingerprint density at radius 1 is 1.47 bits per heavy atom. The molecule has 0 radical (unpaired) electrons. The van der Waals surface area contributed by atoms with Crippen molar-refractivity contribution in [3.8, 4) is 5.75 Å². The van der Waals surface area contributed by atoms with Crippen molar-refractivity contribution < 1.29 is 14.3 Å². The number of nitrogens with one attached hydrogen (secondary N) is 1. The van der Waals surface area contributed by atoms with Crippen LogP contribution in [0.25, 0.3) is 0 Å². The average molecular weight is 259 g/mol. The van der Waals surface area contributed by atoms with Crippen molar-refractivity contribution >= 4 is 23.2 Å². The SMILES string of the molecule is COCCNC(=O)c1cc(Cl)c(N)cc1OC. The second-order valence-electron chi connectivity index (χ2n) is 3.32. The normalized spacial score (nSPS) is 10.1. The van der Waals surface area contributed by atoms with E-state index in [9.17, 15) is 4.79 Å². The number of nitrogens with two attached hydrogens (primary N) is 1. The Kier molecular flexibility index (Phi) is 5.06. The molecular weight excluding hydrogens is 244 g/mol. The third-order valence-corrected chi connectivity index (χ3v) is 2.48. The van der Waals surface area contributed by atoms with E-state index < -0.39 is 0 Å². The molecule has 1 amide bonds. The van der Waals surface area contributed by atoms with Gasteiger partial charge in [0, 0.05) is 19.7 Å². The molecule has 0 heterocycles. The number of benzene rings is 1. The number of amides is 1. The monoisotopic (exact) mass is 258 g/mol. The van der Waals surface area contributed by atoms with Crippen LogP contribution in [0.3, 0.4) is 0 Å². The van der Waals surface area contributed by atoms with Crippen molar-refractivity contribution in [1.29, 1.82) is 0 Å². The highest BCUT2D eigenvalue weighted by Crippen LogP contribution is 2.28. The van der Waals surface area contributed by atoms with E-state index in [0.717, 1.165) is 0 Å². The van der Waals surface area contributed by atoms with Crippen LogP contribution in [0.2, 0.25) is 5.02 Å². The molecule has 0 aliphatic rings. The molecule has 0 aliphatic carbocycles. The lowest BCUT2D eigenvalue weighted by Gasteiger charge is -2.10. The number of hydrogen-bond donors (Lipinski definition) is 2. The van der Waals surface area contributed by atoms with Gasteiger partial charge in [-0.05, 0) is 6.07 Å². The summed E-state index contributed by atoms with van der Waals surface area (Å²) in [4.78, 5) is 11.8. The van der Waals surface area contributed by atoms with Gasteiger partial charge in [0.15, 0.2) is 0 Å². The minimum Gasteiger partial charge on any atom is -0.496 e. The molecule has 0 aromatic heterocycles. The molecule has 17 heavy (non-hydrogen) atoms. The summed E-state index contributed by atoms with van der Waals surface area (Å²) in [7, 11) is 3.03. The molecule has 0 fully saturated rings. The van der Waals surface area contributed by atoms with Gasteiger partial charge in [0.1, 0.15) is 5.75 Å². The van der Waals surface area contributed by atoms with Crippen LogP contribution < -0.4 is 15.8 Å². The first-order chi connectivity index (χ1) is 8.10. The number of ether oxygens (including phenoxy) is 2. The van der Waals surface area contributed by atoms with Crippen LogP contribution in [-0.2, 0) is 4.74 Å². The maximum absolute atomic E-state index is 11.8. The predicted octanol–water partition coefficient (Wildman–Crippen LogP) is 1.31. The number of nitrogen functional groups attached to an aromatic ring is 1. The molecule has 94 valence electrons. The van der Waals surface area contributed by atoms with E-state index in [1.54, 1.807) is 7.11 Å². The van der Waals surface area contributed by atoms with E-state index in [1.807, 2.05) is 0 Å². The molecule has 0 saturated heterocycles. The van der Waals surface area contributed by atoms with E-state index in [-0.39, 0.29) is 5.91 Å². The minimum atomic E-state index is -0.277. The van der Waals surface area contributed by atoms with Crippen molar-refractivity contribution in [1.82, 2.24) is 5.32 Å². The topological polar surface area (TPSA) is 73.6 Å². The van der Waals surface area contributed by atoms with Gasteiger partial charge >= 0.3 is 0 Å². The van der Waals surface area contributed by atoms with E-state index in [1.165, 1.54) is 19.2 Å². The van der Waals surface area contributed by atoms with Crippen molar-refractivity contribution in [2.45, 2.75) is 0 Å². The highest BCUT2D eigenvalue weighted by Gasteiger charge is 2.14. The molecule has 0 atom stereocenters. The highest BCUT2D eigenvalue weighted by atomic mass is 35.5. The smallest absolute Gasteiger partial charge is 0.255 e. The largest absolute Gasteiger partial charge is 0.496 e. The molecular formula is C11H15ClN2O3. The van der Waals surface area contributed by atoms with Gasteiger partial charge in [-0.15, -0.1) is 0 Å². The maximum Gasteiger partial charge on any atom is 0.255 e. The molecule has 1 aromatic carbocycles. The van der Waals surface area contributed by atoms with Crippen LogP contribution in [0.15, 0.2) is 12.1 Å². The first-order valence-corrected chi connectivity index (χ1v) is 5.38. The lowest BCUT2D eigenvalue weighted by Crippen LogP contribution is -2.27. The fourth-order valence-electron chi connectivity index (χ4n) is 1.28. The molecule has 5 nitrogen and oxygen atoms in total. The van der Waals surface area contributed by atoms with Crippen LogP contribution in [0, 0.1) is 0 Å². The lowest BCUT2D eigenvalue weighted by atomic mass is 10.1. The highest BCUT2D eigenvalue weighted by molar-refractivity contribution is 6.33. The van der Waals surface area contributed by atoms with Crippen LogP contribution in [0.1, 0.15) is 10.4 Å². The van der Waals surface area contributed by atoms with E-state index in [4.69, 9.17) is 26.8 Å². The van der Waals surface area contributed by atoms with Crippen LogP contribution in [-0.4, -0.2) is 33.3 Å². The Morgan fingerprint density at radius 3 is 2.76 bits per heavy atom. The minimum absolute atomic E-state index is 0.277. The number of rotatable bonds is 5. The molecule has 1 rings (SSSR count). The quantitative estimate of drug-likeness (QED) is 0.617. The molecule has 3 N–H and O–H groups in total. The zero-order valence-electron chi connectivity index (χ0n) is 9.75. The van der Waals surface area contributed by atoms with E-state index >= 15 is 0 Å². The molecule has 0 aliphatic heterocycles. The Morgan fingerprint density at radius 2 is 2.18 bits per heavy atom. The summed E-state index contributed by atoms with van der Waals surface area (Å²) in [5.41, 5.74) is 6.35. The summed E-state index contributed by atoms with van der Waals surface area (Å²) in [6, 6.07) is 3.01. The standard InChI is InChI=1S/C11H15ClN2O3/c1-16-4-3-14-11(15)7-5-8(12)9(13)6-10(7)17-2/h5-6H,3-4,13H2,1-2H3,(H,14,15). The summed E-state index contributed by atoms with van der Waals surface area (Å²) >= 11 is 5.86. The summed E-state index contributed by atoms with van der Waals surface area (Å²) in [6.45, 7) is 0.858. The molecule has 1 aromatic rings. The molecule has 0 spiro atoms. The molecule has 0 unspecified atom stereocenters. The number of carbonyl (C=O) groups excluding carboxylic acids is 1. The third kappa shape index (κ3) is 3.51. The second kappa shape index (κ2) is 6.32. The predicted molar refractivity (Wildman–Crippen MR) is 66.6 cm³/mol. The molecule has 0 bridgehead atoms. The van der Waals surface area contributed by atoms with Crippen molar-refractivity contribution in [2.24, 2.45) is 0 Å². The maximum atomic E-state index is 11.8. The fourth-order valence-corrected chi connectivity index (χ4v) is 1.44. The van der Waals surface area contributed by atoms with Gasteiger partial charge in [0.2, 0.25) is 0 Å². The van der Waals surface area contributed by atoms with Gasteiger partial charge in [-0.1, -0.05) is 11.6 Å². The summed E-state index contributed by atoms with van der Waals surface area (Å²) in [5, 5.41) is 3.00. The average Bonchev–Trinajstić information content (AvgIpc) is 2.32. The second-order valence-corrected chi connectivity index (χ2v) is 3.73. The summed E-state index contributed by atoms with van der Waals surface area (Å²) < 4.78 is 9.91. The lowest BCUT2D eigenvalue weighted by molar-refractivity contribution is 0.0934. The number of methoxy groups -OCH3 is 2. The molecule has 6 heteroatoms. The Bertz CT molecular complexity index is 410. The number of halogens is 1. The van der Waals surface area contributed by atoms with E-state index in [2.05, 4.69) is 5.32 Å². The number of anilines is 1. The number of carbonyl (C=O) groups is 1. The Balaban J connectivity index is 2.88. The third-order valence-electron chi connectivity index (χ3n) is 2.16. The Hall–Kier alpha value is -1.46. The zero-order chi connectivity index (χ0) is 12.8. The van der Waals surface area contributed by atoms with Gasteiger partial charge < -0.3 is 20.5 Å². The summed E-state index contributed by atoms with van der Waals surface area (Å²) in [6.07, 6.45) is 0. The first kappa shape index (κ1) is 13.6. The first-order valence-electron chi connectivity index (χ1n) is 5.00. The van der Waals surface area contributed by atoms with Gasteiger partial charge in [0.25, 0.3) is 5.91 Å². The zero-order valence-corrected chi connectivity index (χ0v) is 10.5. The van der Waals surface area contributed by atoms with Crippen molar-refractivity contribution in [3.63, 3.8) is 0 Å². The van der Waals surface area contributed by atoms with Gasteiger partial charge in [0.05, 0.1) is 30.0 Å². The van der Waals surface area contributed by atoms with Gasteiger partial charge in [-0.25, -0.2) is 0 Å². The van der Waals surface area contributed by atoms with Crippen molar-refractivity contribution in [3.05, 3.63) is 22.7 Å². The van der Waals surface area contributed by atoms with Gasteiger partial charge in [-0.2, -0.15) is 0 Å².